The summed E-state index contributed by atoms with van der Waals surface area (Å²) in [6, 6.07) is 18.1. The van der Waals surface area contributed by atoms with E-state index in [2.05, 4.69) is 11.1 Å². The van der Waals surface area contributed by atoms with E-state index in [1.54, 1.807) is 0 Å². The van der Waals surface area contributed by atoms with Crippen LogP contribution < -0.4 is 5.73 Å². The Morgan fingerprint density at radius 2 is 1.88 bits per heavy atom. The first-order valence-electron chi connectivity index (χ1n) is 7.82. The third-order valence-electron chi connectivity index (χ3n) is 4.19. The lowest BCUT2D eigenvalue weighted by molar-refractivity contribution is 0.0607. The van der Waals surface area contributed by atoms with Crippen molar-refractivity contribution in [2.75, 3.05) is 12.8 Å². The lowest BCUT2D eigenvalue weighted by Crippen LogP contribution is -2.02. The molecule has 0 fully saturated rings. The number of carbonyl (C=O) groups excluding carboxylic acids is 1. The van der Waals surface area contributed by atoms with Gasteiger partial charge in [0.2, 0.25) is 0 Å². The molecule has 25 heavy (non-hydrogen) atoms. The number of aromatic amines is 1. The molecule has 0 bridgehead atoms. The predicted molar refractivity (Wildman–Crippen MR) is 103 cm³/mol. The van der Waals surface area contributed by atoms with Crippen LogP contribution in [0, 0.1) is 0 Å². The molecule has 0 saturated carbocycles. The highest BCUT2D eigenvalue weighted by Crippen LogP contribution is 2.45. The number of nitrogens with one attached hydrogen (secondary N) is 1. The van der Waals surface area contributed by atoms with Crippen LogP contribution in [0.15, 0.2) is 60.8 Å². The van der Waals surface area contributed by atoms with E-state index in [4.69, 9.17) is 10.5 Å². The number of thiophene rings is 1. The van der Waals surface area contributed by atoms with Crippen LogP contribution >= 0.6 is 11.3 Å². The van der Waals surface area contributed by atoms with Gasteiger partial charge < -0.3 is 15.5 Å². The lowest BCUT2D eigenvalue weighted by Gasteiger charge is -2.07. The fourth-order valence-corrected chi connectivity index (χ4v) is 4.14. The summed E-state index contributed by atoms with van der Waals surface area (Å²) in [6.07, 6.45) is 1.91. The van der Waals surface area contributed by atoms with Gasteiger partial charge in [0.25, 0.3) is 0 Å². The van der Waals surface area contributed by atoms with E-state index in [0.717, 1.165) is 32.5 Å². The monoisotopic (exact) mass is 348 g/mol. The van der Waals surface area contributed by atoms with E-state index in [9.17, 15) is 4.79 Å². The number of carbonyl (C=O) groups is 1. The number of H-pyrrole nitrogens is 1. The highest BCUT2D eigenvalue weighted by molar-refractivity contribution is 7.18. The normalized spacial score (nSPS) is 10.9. The first kappa shape index (κ1) is 15.5. The van der Waals surface area contributed by atoms with Crippen LogP contribution in [0.25, 0.3) is 32.5 Å². The van der Waals surface area contributed by atoms with Crippen LogP contribution in [0.4, 0.5) is 5.69 Å². The van der Waals surface area contributed by atoms with E-state index < -0.39 is 5.97 Å². The zero-order valence-electron chi connectivity index (χ0n) is 13.6. The summed E-state index contributed by atoms with van der Waals surface area (Å²) in [7, 11) is 1.37. The number of methoxy groups -OCH3 is 1. The molecule has 4 nitrogen and oxygen atoms in total. The van der Waals surface area contributed by atoms with Gasteiger partial charge in [0.1, 0.15) is 4.88 Å². The number of hydrogen-bond donors (Lipinski definition) is 2. The smallest absolute Gasteiger partial charge is 0.350 e. The molecule has 124 valence electrons. The molecule has 2 heterocycles. The van der Waals surface area contributed by atoms with Crippen LogP contribution in [-0.2, 0) is 4.74 Å². The number of rotatable bonds is 3. The fourth-order valence-electron chi connectivity index (χ4n) is 2.98. The third kappa shape index (κ3) is 2.58. The Hall–Kier alpha value is -3.05. The minimum atomic E-state index is -0.409. The van der Waals surface area contributed by atoms with Crippen molar-refractivity contribution in [2.24, 2.45) is 0 Å². The van der Waals surface area contributed by atoms with E-state index in [-0.39, 0.29) is 0 Å². The topological polar surface area (TPSA) is 68.1 Å². The highest BCUT2D eigenvalue weighted by Gasteiger charge is 2.23. The van der Waals surface area contributed by atoms with Crippen LogP contribution in [0.1, 0.15) is 9.67 Å². The van der Waals surface area contributed by atoms with E-state index in [0.29, 0.717) is 10.6 Å². The van der Waals surface area contributed by atoms with Crippen molar-refractivity contribution in [1.29, 1.82) is 0 Å². The quantitative estimate of drug-likeness (QED) is 0.516. The second-order valence-corrected chi connectivity index (χ2v) is 6.71. The number of anilines is 1. The molecule has 0 amide bonds. The number of benzene rings is 2. The molecular weight excluding hydrogens is 332 g/mol. The summed E-state index contributed by atoms with van der Waals surface area (Å²) >= 11 is 1.37. The molecule has 0 aliphatic carbocycles. The van der Waals surface area contributed by atoms with Crippen LogP contribution in [-0.4, -0.2) is 18.1 Å². The Morgan fingerprint density at radius 1 is 1.08 bits per heavy atom. The van der Waals surface area contributed by atoms with Gasteiger partial charge in [-0.1, -0.05) is 36.4 Å². The molecule has 0 spiro atoms. The van der Waals surface area contributed by atoms with Gasteiger partial charge >= 0.3 is 5.97 Å². The van der Waals surface area contributed by atoms with E-state index in [1.165, 1.54) is 18.4 Å². The first-order chi connectivity index (χ1) is 12.2. The molecule has 4 rings (SSSR count). The molecule has 0 saturated heterocycles. The molecular formula is C20H16N2O2S. The second kappa shape index (κ2) is 6.11. The van der Waals surface area contributed by atoms with Gasteiger partial charge in [-0.2, -0.15) is 0 Å². The number of hydrogen-bond acceptors (Lipinski definition) is 4. The maximum absolute atomic E-state index is 12.1. The Morgan fingerprint density at radius 3 is 2.64 bits per heavy atom. The largest absolute Gasteiger partial charge is 0.465 e. The molecule has 0 atom stereocenters. The maximum Gasteiger partial charge on any atom is 0.350 e. The summed E-state index contributed by atoms with van der Waals surface area (Å²) < 4.78 is 4.90. The Labute approximate surface area is 148 Å². The third-order valence-corrected chi connectivity index (χ3v) is 5.43. The minimum absolute atomic E-state index is 0.409. The van der Waals surface area contributed by atoms with Crippen molar-refractivity contribution in [1.82, 2.24) is 4.98 Å². The van der Waals surface area contributed by atoms with E-state index >= 15 is 0 Å². The number of esters is 1. The molecule has 3 N–H and O–H groups in total. The number of aromatic nitrogens is 1. The average molecular weight is 348 g/mol. The van der Waals surface area contributed by atoms with Gasteiger partial charge in [-0.15, -0.1) is 11.3 Å². The van der Waals surface area contributed by atoms with Gasteiger partial charge in [-0.3, -0.25) is 0 Å². The summed E-state index contributed by atoms with van der Waals surface area (Å²) in [5.74, 6) is -0.409. The van der Waals surface area contributed by atoms with Gasteiger partial charge in [0.05, 0.1) is 12.8 Å². The van der Waals surface area contributed by atoms with Crippen molar-refractivity contribution in [3.63, 3.8) is 0 Å². The van der Waals surface area contributed by atoms with Crippen molar-refractivity contribution < 1.29 is 9.53 Å². The Balaban J connectivity index is 1.98. The molecule has 0 radical (unpaired) electrons. The average Bonchev–Trinajstić information content (AvgIpc) is 3.25. The minimum Gasteiger partial charge on any atom is -0.465 e. The maximum atomic E-state index is 12.1. The zero-order chi connectivity index (χ0) is 17.4. The highest BCUT2D eigenvalue weighted by atomic mass is 32.1. The molecule has 0 unspecified atom stereocenters. The van der Waals surface area contributed by atoms with Gasteiger partial charge in [0.15, 0.2) is 0 Å². The van der Waals surface area contributed by atoms with Gasteiger partial charge in [-0.25, -0.2) is 4.79 Å². The number of ether oxygens (including phenoxy) is 1. The standard InChI is InChI=1S/C20H16N2O2S/c1-24-20(23)19-17(21)16(18(25-19)12-5-3-2-4-6-12)14-7-8-15-13(11-14)9-10-22-15/h2-11,22H,21H2,1H3. The van der Waals surface area contributed by atoms with Crippen molar-refractivity contribution in [3.05, 3.63) is 65.7 Å². The Bertz CT molecular complexity index is 1060. The number of nitrogens with two attached hydrogens (primary N) is 1. The van der Waals surface area contributed by atoms with Crippen LogP contribution in [0.5, 0.6) is 0 Å². The summed E-state index contributed by atoms with van der Waals surface area (Å²) in [4.78, 5) is 16.7. The molecule has 4 aromatic rings. The van der Waals surface area contributed by atoms with Gasteiger partial charge in [0, 0.05) is 22.2 Å². The van der Waals surface area contributed by atoms with E-state index in [1.807, 2.05) is 54.7 Å². The molecule has 2 aromatic heterocycles. The SMILES string of the molecule is COC(=O)c1sc(-c2ccccc2)c(-c2ccc3[nH]ccc3c2)c1N. The first-order valence-corrected chi connectivity index (χ1v) is 8.64. The van der Waals surface area contributed by atoms with Crippen LogP contribution in [0.3, 0.4) is 0 Å². The predicted octanol–water partition coefficient (Wildman–Crippen LogP) is 4.93. The van der Waals surface area contributed by atoms with Crippen molar-refractivity contribution in [3.8, 4) is 21.6 Å². The van der Waals surface area contributed by atoms with Crippen LogP contribution in [0.2, 0.25) is 0 Å². The molecule has 2 aromatic carbocycles. The number of nitrogen functional groups attached to an aromatic ring is 1. The summed E-state index contributed by atoms with van der Waals surface area (Å²) in [5.41, 5.74) is 10.8. The van der Waals surface area contributed by atoms with Gasteiger partial charge in [-0.05, 0) is 34.7 Å². The van der Waals surface area contributed by atoms with Crippen molar-refractivity contribution >= 4 is 33.9 Å². The fraction of sp³-hybridized carbons (Fsp3) is 0.0500. The molecule has 0 aliphatic rings. The zero-order valence-corrected chi connectivity index (χ0v) is 14.4. The van der Waals surface area contributed by atoms with Crippen molar-refractivity contribution in [2.45, 2.75) is 0 Å². The summed E-state index contributed by atoms with van der Waals surface area (Å²) in [6.45, 7) is 0. The lowest BCUT2D eigenvalue weighted by atomic mass is 9.99. The summed E-state index contributed by atoms with van der Waals surface area (Å²) in [5, 5.41) is 1.10. The molecule has 0 aliphatic heterocycles. The molecule has 5 heteroatoms. The Kier molecular flexibility index (Phi) is 3.78. The second-order valence-electron chi connectivity index (χ2n) is 5.69. The number of fused-ring (bicyclic) bond motifs is 1.